The van der Waals surface area contributed by atoms with Crippen LogP contribution in [0, 0.1) is 0 Å². The van der Waals surface area contributed by atoms with E-state index >= 15 is 0 Å². The van der Waals surface area contributed by atoms with Gasteiger partial charge in [-0.1, -0.05) is 6.92 Å². The molecule has 1 saturated heterocycles. The SMILES string of the molecule is CCC(CN1CCC(N(C)C)C1)NC. The number of hydrogen-bond donors (Lipinski definition) is 1. The fourth-order valence-electron chi connectivity index (χ4n) is 2.14. The molecule has 1 fully saturated rings. The maximum Gasteiger partial charge on any atom is 0.0229 e. The summed E-state index contributed by atoms with van der Waals surface area (Å²) in [6, 6.07) is 1.43. The third-order valence-electron chi connectivity index (χ3n) is 3.36. The summed E-state index contributed by atoms with van der Waals surface area (Å²) in [6.07, 6.45) is 2.55. The van der Waals surface area contributed by atoms with Crippen LogP contribution < -0.4 is 5.32 Å². The molecule has 3 heteroatoms. The Morgan fingerprint density at radius 3 is 2.64 bits per heavy atom. The van der Waals surface area contributed by atoms with E-state index in [0.717, 1.165) is 6.04 Å². The van der Waals surface area contributed by atoms with Crippen LogP contribution in [0.5, 0.6) is 0 Å². The van der Waals surface area contributed by atoms with Gasteiger partial charge in [0.2, 0.25) is 0 Å². The second kappa shape index (κ2) is 5.69. The highest BCUT2D eigenvalue weighted by atomic mass is 15.2. The van der Waals surface area contributed by atoms with Crippen molar-refractivity contribution in [2.75, 3.05) is 40.8 Å². The Bertz CT molecular complexity index is 155. The highest BCUT2D eigenvalue weighted by Gasteiger charge is 2.24. The zero-order chi connectivity index (χ0) is 10.6. The van der Waals surface area contributed by atoms with E-state index in [0.29, 0.717) is 6.04 Å². The second-order valence-electron chi connectivity index (χ2n) is 4.56. The molecule has 14 heavy (non-hydrogen) atoms. The van der Waals surface area contributed by atoms with Gasteiger partial charge in [-0.05, 0) is 40.5 Å². The van der Waals surface area contributed by atoms with Crippen molar-refractivity contribution in [3.05, 3.63) is 0 Å². The minimum absolute atomic E-state index is 0.663. The zero-order valence-corrected chi connectivity index (χ0v) is 10.1. The second-order valence-corrected chi connectivity index (χ2v) is 4.56. The van der Waals surface area contributed by atoms with E-state index < -0.39 is 0 Å². The normalized spacial score (nSPS) is 25.9. The zero-order valence-electron chi connectivity index (χ0n) is 10.1. The molecule has 0 bridgehead atoms. The van der Waals surface area contributed by atoms with Crippen molar-refractivity contribution < 1.29 is 0 Å². The van der Waals surface area contributed by atoms with E-state index in [1.54, 1.807) is 0 Å². The smallest absolute Gasteiger partial charge is 0.0229 e. The van der Waals surface area contributed by atoms with Crippen LogP contribution in [0.3, 0.4) is 0 Å². The predicted molar refractivity (Wildman–Crippen MR) is 61.7 cm³/mol. The van der Waals surface area contributed by atoms with Crippen LogP contribution in [0.2, 0.25) is 0 Å². The van der Waals surface area contributed by atoms with Gasteiger partial charge in [0.25, 0.3) is 0 Å². The van der Waals surface area contributed by atoms with Crippen LogP contribution >= 0.6 is 0 Å². The average molecular weight is 199 g/mol. The largest absolute Gasteiger partial charge is 0.316 e. The molecular formula is C11H25N3. The molecule has 1 aliphatic rings. The molecule has 2 unspecified atom stereocenters. The Hall–Kier alpha value is -0.120. The molecule has 0 aliphatic carbocycles. The van der Waals surface area contributed by atoms with Gasteiger partial charge >= 0.3 is 0 Å². The van der Waals surface area contributed by atoms with Gasteiger partial charge in [-0.3, -0.25) is 0 Å². The van der Waals surface area contributed by atoms with E-state index in [1.165, 1.54) is 32.5 Å². The number of rotatable bonds is 5. The number of nitrogens with zero attached hydrogens (tertiary/aromatic N) is 2. The molecule has 1 heterocycles. The molecule has 0 amide bonds. The first-order valence-electron chi connectivity index (χ1n) is 5.73. The quantitative estimate of drug-likeness (QED) is 0.700. The lowest BCUT2D eigenvalue weighted by atomic mass is 10.2. The third kappa shape index (κ3) is 3.23. The number of hydrogen-bond acceptors (Lipinski definition) is 3. The predicted octanol–water partition coefficient (Wildman–Crippen LogP) is 0.620. The van der Waals surface area contributed by atoms with E-state index in [1.807, 2.05) is 0 Å². The fraction of sp³-hybridized carbons (Fsp3) is 1.00. The maximum absolute atomic E-state index is 3.37. The molecular weight excluding hydrogens is 174 g/mol. The minimum Gasteiger partial charge on any atom is -0.316 e. The van der Waals surface area contributed by atoms with Gasteiger partial charge < -0.3 is 15.1 Å². The Kier molecular flexibility index (Phi) is 4.85. The first-order chi connectivity index (χ1) is 6.67. The molecule has 0 aromatic rings. The fourth-order valence-corrected chi connectivity index (χ4v) is 2.14. The summed E-state index contributed by atoms with van der Waals surface area (Å²) in [5, 5.41) is 3.37. The Labute approximate surface area is 88.5 Å². The number of likely N-dealkylation sites (N-methyl/N-ethyl adjacent to an activating group) is 2. The summed E-state index contributed by atoms with van der Waals surface area (Å²) in [4.78, 5) is 4.93. The molecule has 0 radical (unpaired) electrons. The Balaban J connectivity index is 2.28. The Morgan fingerprint density at radius 1 is 1.50 bits per heavy atom. The van der Waals surface area contributed by atoms with Crippen LogP contribution in [0.15, 0.2) is 0 Å². The van der Waals surface area contributed by atoms with Gasteiger partial charge in [-0.25, -0.2) is 0 Å². The van der Waals surface area contributed by atoms with Crippen molar-refractivity contribution in [1.82, 2.24) is 15.1 Å². The molecule has 0 aromatic carbocycles. The summed E-state index contributed by atoms with van der Waals surface area (Å²) in [6.45, 7) is 5.96. The lowest BCUT2D eigenvalue weighted by Gasteiger charge is -2.24. The van der Waals surface area contributed by atoms with Gasteiger partial charge in [-0.15, -0.1) is 0 Å². The van der Waals surface area contributed by atoms with Crippen molar-refractivity contribution in [1.29, 1.82) is 0 Å². The summed E-state index contributed by atoms with van der Waals surface area (Å²) >= 11 is 0. The summed E-state index contributed by atoms with van der Waals surface area (Å²) in [5.74, 6) is 0. The van der Waals surface area contributed by atoms with Crippen molar-refractivity contribution in [2.45, 2.75) is 31.8 Å². The van der Waals surface area contributed by atoms with Crippen molar-refractivity contribution in [2.24, 2.45) is 0 Å². The lowest BCUT2D eigenvalue weighted by molar-refractivity contribution is 0.251. The average Bonchev–Trinajstić information content (AvgIpc) is 2.62. The number of likely N-dealkylation sites (tertiary alicyclic amines) is 1. The lowest BCUT2D eigenvalue weighted by Crippen LogP contribution is -2.39. The molecule has 1 N–H and O–H groups in total. The minimum atomic E-state index is 0.663. The highest BCUT2D eigenvalue weighted by molar-refractivity contribution is 4.82. The van der Waals surface area contributed by atoms with E-state index in [-0.39, 0.29) is 0 Å². The third-order valence-corrected chi connectivity index (χ3v) is 3.36. The molecule has 0 aromatic heterocycles. The van der Waals surface area contributed by atoms with Gasteiger partial charge in [-0.2, -0.15) is 0 Å². The van der Waals surface area contributed by atoms with Crippen LogP contribution in [0.25, 0.3) is 0 Å². The van der Waals surface area contributed by atoms with E-state index in [2.05, 4.69) is 43.2 Å². The first-order valence-corrected chi connectivity index (χ1v) is 5.73. The molecule has 1 rings (SSSR count). The van der Waals surface area contributed by atoms with Gasteiger partial charge in [0.05, 0.1) is 0 Å². The molecule has 84 valence electrons. The van der Waals surface area contributed by atoms with Gasteiger partial charge in [0.1, 0.15) is 0 Å². The molecule has 1 aliphatic heterocycles. The van der Waals surface area contributed by atoms with Crippen molar-refractivity contribution in [3.8, 4) is 0 Å². The highest BCUT2D eigenvalue weighted by Crippen LogP contribution is 2.13. The molecule has 2 atom stereocenters. The molecule has 0 saturated carbocycles. The van der Waals surface area contributed by atoms with E-state index in [4.69, 9.17) is 0 Å². The standard InChI is InChI=1S/C11H25N3/c1-5-10(12-2)8-14-7-6-11(9-14)13(3)4/h10-12H,5-9H2,1-4H3. The van der Waals surface area contributed by atoms with Crippen molar-refractivity contribution in [3.63, 3.8) is 0 Å². The first kappa shape index (κ1) is 12.0. The van der Waals surface area contributed by atoms with Gasteiger partial charge in [0, 0.05) is 25.2 Å². The molecule has 0 spiro atoms. The monoisotopic (exact) mass is 199 g/mol. The topological polar surface area (TPSA) is 18.5 Å². The summed E-state index contributed by atoms with van der Waals surface area (Å²) < 4.78 is 0. The summed E-state index contributed by atoms with van der Waals surface area (Å²) in [5.41, 5.74) is 0. The number of nitrogens with one attached hydrogen (secondary N) is 1. The Morgan fingerprint density at radius 2 is 2.21 bits per heavy atom. The van der Waals surface area contributed by atoms with Crippen LogP contribution in [0.1, 0.15) is 19.8 Å². The maximum atomic E-state index is 3.37. The van der Waals surface area contributed by atoms with Crippen LogP contribution in [-0.2, 0) is 0 Å². The van der Waals surface area contributed by atoms with Crippen molar-refractivity contribution >= 4 is 0 Å². The van der Waals surface area contributed by atoms with Crippen LogP contribution in [-0.4, -0.2) is 62.7 Å². The summed E-state index contributed by atoms with van der Waals surface area (Å²) in [7, 11) is 6.43. The molecule has 3 nitrogen and oxygen atoms in total. The van der Waals surface area contributed by atoms with Gasteiger partial charge in [0.15, 0.2) is 0 Å². The van der Waals surface area contributed by atoms with E-state index in [9.17, 15) is 0 Å². The van der Waals surface area contributed by atoms with Crippen LogP contribution in [0.4, 0.5) is 0 Å².